The number of hydrogen-bond donors (Lipinski definition) is 0. The predicted octanol–water partition coefficient (Wildman–Crippen LogP) is 3.62. The Morgan fingerprint density at radius 1 is 1.29 bits per heavy atom. The minimum atomic E-state index is -0.317. The zero-order valence-corrected chi connectivity index (χ0v) is 11.9. The highest BCUT2D eigenvalue weighted by Gasteiger charge is 2.12. The Bertz CT molecular complexity index is 608. The van der Waals surface area contributed by atoms with Crippen molar-refractivity contribution < 1.29 is 13.9 Å². The summed E-state index contributed by atoms with van der Waals surface area (Å²) in [5.41, 5.74) is 2.40. The maximum atomic E-state index is 11.6. The summed E-state index contributed by atoms with van der Waals surface area (Å²) in [5.74, 6) is 2.31. The van der Waals surface area contributed by atoms with Crippen LogP contribution in [-0.4, -0.2) is 19.1 Å². The van der Waals surface area contributed by atoms with Crippen LogP contribution in [0.4, 0.5) is 11.4 Å². The van der Waals surface area contributed by atoms with E-state index in [9.17, 15) is 4.79 Å². The number of hydrogen-bond acceptors (Lipinski definition) is 4. The second-order valence-corrected chi connectivity index (χ2v) is 4.35. The van der Waals surface area contributed by atoms with Crippen molar-refractivity contribution in [2.75, 3.05) is 18.1 Å². The van der Waals surface area contributed by atoms with Gasteiger partial charge in [-0.1, -0.05) is 0 Å². The van der Waals surface area contributed by atoms with Crippen molar-refractivity contribution in [3.8, 4) is 12.3 Å². The second kappa shape index (κ2) is 7.20. The molecule has 0 unspecified atom stereocenters. The van der Waals surface area contributed by atoms with E-state index >= 15 is 0 Å². The third kappa shape index (κ3) is 3.67. The van der Waals surface area contributed by atoms with Crippen molar-refractivity contribution in [3.05, 3.63) is 48.4 Å². The van der Waals surface area contributed by atoms with Gasteiger partial charge in [0, 0.05) is 24.7 Å². The summed E-state index contributed by atoms with van der Waals surface area (Å²) in [6.07, 6.45) is 9.24. The average Bonchev–Trinajstić information content (AvgIpc) is 3.03. The molecule has 0 spiro atoms. The molecule has 0 amide bonds. The normalized spacial score (nSPS) is 9.90. The van der Waals surface area contributed by atoms with Gasteiger partial charge in [0.15, 0.2) is 0 Å². The quantitative estimate of drug-likeness (QED) is 0.600. The van der Waals surface area contributed by atoms with E-state index in [4.69, 9.17) is 15.6 Å². The lowest BCUT2D eigenvalue weighted by molar-refractivity contribution is 0.0526. The molecule has 0 bridgehead atoms. The number of terminal acetylenes is 1. The highest BCUT2D eigenvalue weighted by molar-refractivity contribution is 5.90. The molecule has 21 heavy (non-hydrogen) atoms. The van der Waals surface area contributed by atoms with Crippen molar-refractivity contribution in [3.63, 3.8) is 0 Å². The molecule has 0 radical (unpaired) electrons. The van der Waals surface area contributed by atoms with Gasteiger partial charge in [0.1, 0.15) is 6.26 Å². The van der Waals surface area contributed by atoms with Gasteiger partial charge in [-0.2, -0.15) is 0 Å². The van der Waals surface area contributed by atoms with Crippen LogP contribution in [0.25, 0.3) is 0 Å². The van der Waals surface area contributed by atoms with Crippen LogP contribution in [0.15, 0.2) is 47.3 Å². The maximum Gasteiger partial charge on any atom is 0.338 e. The average molecular weight is 283 g/mol. The third-order valence-electron chi connectivity index (χ3n) is 2.99. The first-order valence-corrected chi connectivity index (χ1v) is 6.76. The van der Waals surface area contributed by atoms with Gasteiger partial charge in [0.2, 0.25) is 0 Å². The number of anilines is 2. The van der Waals surface area contributed by atoms with Crippen LogP contribution < -0.4 is 4.90 Å². The van der Waals surface area contributed by atoms with Crippen molar-refractivity contribution in [1.82, 2.24) is 0 Å². The fourth-order valence-corrected chi connectivity index (χ4v) is 1.99. The topological polar surface area (TPSA) is 42.7 Å². The monoisotopic (exact) mass is 283 g/mol. The van der Waals surface area contributed by atoms with Crippen LogP contribution in [0.3, 0.4) is 0 Å². The number of rotatable bonds is 6. The summed E-state index contributed by atoms with van der Waals surface area (Å²) in [6.45, 7) is 2.82. The molecule has 1 aromatic carbocycles. The van der Waals surface area contributed by atoms with Gasteiger partial charge in [0.25, 0.3) is 0 Å². The van der Waals surface area contributed by atoms with Crippen LogP contribution in [-0.2, 0) is 4.74 Å². The Labute approximate surface area is 124 Å². The molecule has 0 saturated heterocycles. The van der Waals surface area contributed by atoms with Crippen LogP contribution in [0, 0.1) is 12.3 Å². The van der Waals surface area contributed by atoms with Gasteiger partial charge < -0.3 is 14.1 Å². The minimum absolute atomic E-state index is 0.317. The molecule has 4 heteroatoms. The molecule has 1 heterocycles. The Kier molecular flexibility index (Phi) is 5.05. The first-order chi connectivity index (χ1) is 10.3. The molecule has 0 aliphatic rings. The first kappa shape index (κ1) is 14.7. The molecule has 2 rings (SSSR count). The summed E-state index contributed by atoms with van der Waals surface area (Å²) >= 11 is 0. The van der Waals surface area contributed by atoms with Crippen molar-refractivity contribution in [2.24, 2.45) is 0 Å². The van der Waals surface area contributed by atoms with Gasteiger partial charge in [0.05, 0.1) is 24.1 Å². The fourth-order valence-electron chi connectivity index (χ4n) is 1.99. The molecule has 0 fully saturated rings. The summed E-state index contributed by atoms with van der Waals surface area (Å²) in [7, 11) is 0. The smallest absolute Gasteiger partial charge is 0.338 e. The Balaban J connectivity index is 2.21. The summed E-state index contributed by atoms with van der Waals surface area (Å²) in [6, 6.07) is 9.11. The number of carbonyl (C=O) groups is 1. The summed E-state index contributed by atoms with van der Waals surface area (Å²) in [4.78, 5) is 13.7. The molecular formula is C17H17NO3. The van der Waals surface area contributed by atoms with E-state index in [1.807, 2.05) is 23.1 Å². The summed E-state index contributed by atoms with van der Waals surface area (Å²) < 4.78 is 10.1. The molecule has 1 aromatic heterocycles. The third-order valence-corrected chi connectivity index (χ3v) is 2.99. The molecule has 0 aliphatic carbocycles. The lowest BCUT2D eigenvalue weighted by Crippen LogP contribution is -2.17. The number of carbonyl (C=O) groups excluding carboxylic acids is 1. The molecule has 108 valence electrons. The van der Waals surface area contributed by atoms with Gasteiger partial charge in [-0.3, -0.25) is 0 Å². The van der Waals surface area contributed by atoms with Gasteiger partial charge in [-0.25, -0.2) is 4.79 Å². The lowest BCUT2D eigenvalue weighted by atomic mass is 10.2. The van der Waals surface area contributed by atoms with E-state index in [2.05, 4.69) is 5.92 Å². The van der Waals surface area contributed by atoms with Gasteiger partial charge >= 0.3 is 5.97 Å². The van der Waals surface area contributed by atoms with Crippen LogP contribution >= 0.6 is 0 Å². The maximum absolute atomic E-state index is 11.6. The number of esters is 1. The molecule has 0 atom stereocenters. The molecule has 0 aliphatic heterocycles. The Hall–Kier alpha value is -2.67. The molecular weight excluding hydrogens is 266 g/mol. The van der Waals surface area contributed by atoms with Gasteiger partial charge in [-0.05, 0) is 31.2 Å². The van der Waals surface area contributed by atoms with Crippen molar-refractivity contribution in [2.45, 2.75) is 13.3 Å². The van der Waals surface area contributed by atoms with E-state index in [0.29, 0.717) is 25.1 Å². The van der Waals surface area contributed by atoms with Crippen LogP contribution in [0.1, 0.15) is 23.7 Å². The van der Waals surface area contributed by atoms with E-state index < -0.39 is 0 Å². The van der Waals surface area contributed by atoms with E-state index in [-0.39, 0.29) is 5.97 Å². The lowest BCUT2D eigenvalue weighted by Gasteiger charge is -2.22. The highest BCUT2D eigenvalue weighted by Crippen LogP contribution is 2.26. The predicted molar refractivity (Wildman–Crippen MR) is 81.6 cm³/mol. The Morgan fingerprint density at radius 3 is 2.62 bits per heavy atom. The molecule has 2 aromatic rings. The standard InChI is InChI=1S/C17H17NO3/c1-3-5-11-18(16-10-12-20-13-16)15-8-6-14(7-9-15)17(19)21-4-2/h1,6-10,12-13H,4-5,11H2,2H3. The van der Waals surface area contributed by atoms with Crippen LogP contribution in [0.5, 0.6) is 0 Å². The largest absolute Gasteiger partial charge is 0.470 e. The fraction of sp³-hybridized carbons (Fsp3) is 0.235. The van der Waals surface area contributed by atoms with E-state index in [0.717, 1.165) is 11.4 Å². The molecule has 0 saturated carbocycles. The number of furan rings is 1. The zero-order chi connectivity index (χ0) is 15.1. The van der Waals surface area contributed by atoms with E-state index in [1.165, 1.54) is 0 Å². The summed E-state index contributed by atoms with van der Waals surface area (Å²) in [5, 5.41) is 0. The molecule has 4 nitrogen and oxygen atoms in total. The first-order valence-electron chi connectivity index (χ1n) is 6.76. The Morgan fingerprint density at radius 2 is 2.05 bits per heavy atom. The number of ether oxygens (including phenoxy) is 1. The van der Waals surface area contributed by atoms with Crippen molar-refractivity contribution in [1.29, 1.82) is 0 Å². The number of benzene rings is 1. The van der Waals surface area contributed by atoms with E-state index in [1.54, 1.807) is 31.6 Å². The minimum Gasteiger partial charge on any atom is -0.470 e. The zero-order valence-electron chi connectivity index (χ0n) is 11.9. The second-order valence-electron chi connectivity index (χ2n) is 4.35. The molecule has 0 N–H and O–H groups in total. The highest BCUT2D eigenvalue weighted by atomic mass is 16.5. The van der Waals surface area contributed by atoms with Crippen molar-refractivity contribution >= 4 is 17.3 Å². The SMILES string of the molecule is C#CCCN(c1ccc(C(=O)OCC)cc1)c1ccoc1. The van der Waals surface area contributed by atoms with Gasteiger partial charge in [-0.15, -0.1) is 12.3 Å². The van der Waals surface area contributed by atoms with Crippen LogP contribution in [0.2, 0.25) is 0 Å². The number of nitrogens with zero attached hydrogens (tertiary/aromatic N) is 1.